The fraction of sp³-hybridized carbons (Fsp3) is 0.800. The zero-order valence-electron chi connectivity index (χ0n) is 9.18. The van der Waals surface area contributed by atoms with E-state index in [1.54, 1.807) is 7.11 Å². The molecule has 0 amide bonds. The highest BCUT2D eigenvalue weighted by atomic mass is 16.5. The van der Waals surface area contributed by atoms with Crippen LogP contribution in [0.15, 0.2) is 0 Å². The molecule has 1 heterocycles. The predicted octanol–water partition coefficient (Wildman–Crippen LogP) is 0.540. The molecule has 1 aromatic rings. The van der Waals surface area contributed by atoms with Gasteiger partial charge in [-0.05, 0) is 12.3 Å². The van der Waals surface area contributed by atoms with E-state index < -0.39 is 0 Å². The van der Waals surface area contributed by atoms with Crippen molar-refractivity contribution in [2.45, 2.75) is 32.4 Å². The lowest BCUT2D eigenvalue weighted by molar-refractivity contribution is 0.181. The summed E-state index contributed by atoms with van der Waals surface area (Å²) >= 11 is 0. The minimum atomic E-state index is -0.0577. The van der Waals surface area contributed by atoms with Gasteiger partial charge in [0.25, 0.3) is 0 Å². The fourth-order valence-corrected chi connectivity index (χ4v) is 1.85. The number of methoxy groups -OCH3 is 1. The molecule has 1 aliphatic carbocycles. The Labute approximate surface area is 89.1 Å². The molecule has 84 valence electrons. The number of ether oxygens (including phenoxy) is 1. The zero-order valence-corrected chi connectivity index (χ0v) is 9.18. The second-order valence-electron chi connectivity index (χ2n) is 4.10. The summed E-state index contributed by atoms with van der Waals surface area (Å²) in [4.78, 5) is 0. The van der Waals surface area contributed by atoms with Crippen LogP contribution in [0.4, 0.5) is 0 Å². The average Bonchev–Trinajstić information content (AvgIpc) is 2.81. The zero-order chi connectivity index (χ0) is 10.8. The average molecular weight is 211 g/mol. The molecule has 0 aliphatic heterocycles. The number of aliphatic hydroxyl groups is 1. The fourth-order valence-electron chi connectivity index (χ4n) is 1.85. The van der Waals surface area contributed by atoms with Crippen molar-refractivity contribution >= 4 is 0 Å². The Balaban J connectivity index is 2.17. The molecule has 5 heteroatoms. The summed E-state index contributed by atoms with van der Waals surface area (Å²) in [5, 5.41) is 17.3. The summed E-state index contributed by atoms with van der Waals surface area (Å²) in [5.41, 5.74) is 0. The van der Waals surface area contributed by atoms with Gasteiger partial charge in [-0.3, -0.25) is 0 Å². The smallest absolute Gasteiger partial charge is 0.158 e. The van der Waals surface area contributed by atoms with Gasteiger partial charge in [-0.1, -0.05) is 6.92 Å². The van der Waals surface area contributed by atoms with E-state index in [-0.39, 0.29) is 6.61 Å². The van der Waals surface area contributed by atoms with Crippen molar-refractivity contribution in [3.8, 4) is 0 Å². The molecule has 1 fully saturated rings. The Morgan fingerprint density at radius 2 is 2.27 bits per heavy atom. The summed E-state index contributed by atoms with van der Waals surface area (Å²) in [6, 6.07) is 0. The lowest BCUT2D eigenvalue weighted by Crippen LogP contribution is -2.11. The number of rotatable bonds is 5. The van der Waals surface area contributed by atoms with E-state index >= 15 is 0 Å². The van der Waals surface area contributed by atoms with Crippen molar-refractivity contribution in [2.75, 3.05) is 13.7 Å². The van der Waals surface area contributed by atoms with Gasteiger partial charge in [0.05, 0.1) is 6.61 Å². The van der Waals surface area contributed by atoms with Crippen LogP contribution >= 0.6 is 0 Å². The number of aromatic nitrogens is 3. The van der Waals surface area contributed by atoms with E-state index in [1.165, 1.54) is 6.42 Å². The molecule has 1 saturated carbocycles. The Morgan fingerprint density at radius 1 is 1.53 bits per heavy atom. The molecular weight excluding hydrogens is 194 g/mol. The monoisotopic (exact) mass is 211 g/mol. The van der Waals surface area contributed by atoms with Crippen LogP contribution in [0.3, 0.4) is 0 Å². The Morgan fingerprint density at radius 3 is 2.80 bits per heavy atom. The molecule has 2 rings (SSSR count). The van der Waals surface area contributed by atoms with Crippen molar-refractivity contribution < 1.29 is 9.84 Å². The molecule has 0 saturated heterocycles. The second kappa shape index (κ2) is 4.28. The maximum Gasteiger partial charge on any atom is 0.158 e. The van der Waals surface area contributed by atoms with E-state index in [1.807, 2.05) is 4.57 Å². The topological polar surface area (TPSA) is 60.2 Å². The molecule has 0 radical (unpaired) electrons. The molecule has 15 heavy (non-hydrogen) atoms. The van der Waals surface area contributed by atoms with Crippen LogP contribution in [0.25, 0.3) is 0 Å². The van der Waals surface area contributed by atoms with Crippen LogP contribution in [0.2, 0.25) is 0 Å². The van der Waals surface area contributed by atoms with Gasteiger partial charge in [0.1, 0.15) is 12.4 Å². The lowest BCUT2D eigenvalue weighted by Gasteiger charge is -2.07. The van der Waals surface area contributed by atoms with Gasteiger partial charge in [-0.2, -0.15) is 0 Å². The third kappa shape index (κ3) is 2.03. The molecule has 1 N–H and O–H groups in total. The van der Waals surface area contributed by atoms with Crippen molar-refractivity contribution in [3.63, 3.8) is 0 Å². The first-order valence-corrected chi connectivity index (χ1v) is 5.29. The molecular formula is C10H17N3O2. The largest absolute Gasteiger partial charge is 0.388 e. The molecule has 1 aliphatic rings. The summed E-state index contributed by atoms with van der Waals surface area (Å²) in [7, 11) is 1.67. The third-order valence-corrected chi connectivity index (χ3v) is 2.96. The third-order valence-electron chi connectivity index (χ3n) is 2.96. The lowest BCUT2D eigenvalue weighted by atomic mass is 10.3. The molecule has 5 nitrogen and oxygen atoms in total. The van der Waals surface area contributed by atoms with Crippen LogP contribution in [0.1, 0.15) is 30.9 Å². The molecule has 1 aromatic heterocycles. The normalized spacial score (nSPS) is 24.5. The summed E-state index contributed by atoms with van der Waals surface area (Å²) in [6.07, 6.45) is 1.18. The standard InChI is InChI=1S/C10H17N3O2/c1-7-5-8(7)10-12-11-9(6-14)13(10)3-4-15-2/h7-8,14H,3-6H2,1-2H3. The molecule has 0 spiro atoms. The quantitative estimate of drug-likeness (QED) is 0.772. The SMILES string of the molecule is COCCn1c(CO)nnc1C1CC1C. The van der Waals surface area contributed by atoms with Gasteiger partial charge >= 0.3 is 0 Å². The van der Waals surface area contributed by atoms with Crippen LogP contribution in [-0.4, -0.2) is 33.6 Å². The number of aliphatic hydroxyl groups excluding tert-OH is 1. The second-order valence-corrected chi connectivity index (χ2v) is 4.10. The van der Waals surface area contributed by atoms with Crippen LogP contribution < -0.4 is 0 Å². The first-order chi connectivity index (χ1) is 7.27. The van der Waals surface area contributed by atoms with Crippen LogP contribution in [0.5, 0.6) is 0 Å². The van der Waals surface area contributed by atoms with Gasteiger partial charge in [-0.25, -0.2) is 0 Å². The molecule has 0 bridgehead atoms. The number of hydrogen-bond donors (Lipinski definition) is 1. The van der Waals surface area contributed by atoms with E-state index in [9.17, 15) is 0 Å². The van der Waals surface area contributed by atoms with E-state index in [2.05, 4.69) is 17.1 Å². The highest BCUT2D eigenvalue weighted by Crippen LogP contribution is 2.46. The van der Waals surface area contributed by atoms with Gasteiger partial charge in [0, 0.05) is 19.6 Å². The van der Waals surface area contributed by atoms with Crippen LogP contribution in [0, 0.1) is 5.92 Å². The van der Waals surface area contributed by atoms with Crippen molar-refractivity contribution in [3.05, 3.63) is 11.6 Å². The Hall–Kier alpha value is -0.940. The van der Waals surface area contributed by atoms with Gasteiger partial charge in [0.15, 0.2) is 5.82 Å². The minimum Gasteiger partial charge on any atom is -0.388 e. The molecule has 2 atom stereocenters. The Bertz CT molecular complexity index is 337. The van der Waals surface area contributed by atoms with Crippen molar-refractivity contribution in [2.24, 2.45) is 5.92 Å². The molecule has 2 unspecified atom stereocenters. The number of hydrogen-bond acceptors (Lipinski definition) is 4. The van der Waals surface area contributed by atoms with Gasteiger partial charge < -0.3 is 14.4 Å². The minimum absolute atomic E-state index is 0.0577. The Kier molecular flexibility index (Phi) is 3.02. The first-order valence-electron chi connectivity index (χ1n) is 5.29. The maximum atomic E-state index is 9.14. The van der Waals surface area contributed by atoms with Crippen molar-refractivity contribution in [1.29, 1.82) is 0 Å². The van der Waals surface area contributed by atoms with E-state index in [4.69, 9.17) is 9.84 Å². The summed E-state index contributed by atoms with van der Waals surface area (Å²) in [6.45, 7) is 3.49. The van der Waals surface area contributed by atoms with Gasteiger partial charge in [0.2, 0.25) is 0 Å². The van der Waals surface area contributed by atoms with Crippen LogP contribution in [-0.2, 0) is 17.9 Å². The predicted molar refractivity (Wildman–Crippen MR) is 54.3 cm³/mol. The van der Waals surface area contributed by atoms with Crippen molar-refractivity contribution in [1.82, 2.24) is 14.8 Å². The summed E-state index contributed by atoms with van der Waals surface area (Å²) < 4.78 is 7.02. The maximum absolute atomic E-state index is 9.14. The number of nitrogens with zero attached hydrogens (tertiary/aromatic N) is 3. The van der Waals surface area contributed by atoms with E-state index in [0.717, 1.165) is 12.4 Å². The highest BCUT2D eigenvalue weighted by molar-refractivity contribution is 5.11. The summed E-state index contributed by atoms with van der Waals surface area (Å²) in [5.74, 6) is 2.86. The highest BCUT2D eigenvalue weighted by Gasteiger charge is 2.38. The first kappa shape index (κ1) is 10.6. The molecule has 0 aromatic carbocycles. The van der Waals surface area contributed by atoms with E-state index in [0.29, 0.717) is 24.3 Å². The van der Waals surface area contributed by atoms with Gasteiger partial charge in [-0.15, -0.1) is 10.2 Å².